The van der Waals surface area contributed by atoms with Crippen LogP contribution in [-0.2, 0) is 17.6 Å². The minimum Gasteiger partial charge on any atom is -0.287 e. The number of fused-ring (bicyclic) bond motifs is 1. The molecule has 4 heteroatoms. The van der Waals surface area contributed by atoms with Crippen molar-refractivity contribution in [1.29, 1.82) is 0 Å². The molecular weight excluding hydrogens is 256 g/mol. The normalized spacial score (nSPS) is 23.9. The summed E-state index contributed by atoms with van der Waals surface area (Å²) in [6, 6.07) is 0. The van der Waals surface area contributed by atoms with E-state index in [1.54, 1.807) is 11.3 Å². The summed E-state index contributed by atoms with van der Waals surface area (Å²) in [5.41, 5.74) is 1.24. The summed E-state index contributed by atoms with van der Waals surface area (Å²) in [6.07, 6.45) is 9.84. The molecular formula is C15H20N2OS. The fourth-order valence-electron chi connectivity index (χ4n) is 2.89. The Kier molecular flexibility index (Phi) is 3.69. The quantitative estimate of drug-likeness (QED) is 0.776. The van der Waals surface area contributed by atoms with Gasteiger partial charge in [-0.1, -0.05) is 18.9 Å². The summed E-state index contributed by atoms with van der Waals surface area (Å²) in [6.45, 7) is 4.56. The summed E-state index contributed by atoms with van der Waals surface area (Å²) in [7, 11) is 0. The van der Waals surface area contributed by atoms with Crippen molar-refractivity contribution in [3.05, 3.63) is 23.2 Å². The van der Waals surface area contributed by atoms with Gasteiger partial charge in [0, 0.05) is 23.8 Å². The third-order valence-electron chi connectivity index (χ3n) is 4.05. The van der Waals surface area contributed by atoms with Gasteiger partial charge in [0.05, 0.1) is 5.69 Å². The van der Waals surface area contributed by atoms with Crippen LogP contribution in [0.1, 0.15) is 42.7 Å². The molecule has 1 atom stereocenters. The second-order valence-electron chi connectivity index (χ2n) is 5.48. The van der Waals surface area contributed by atoms with Crippen LogP contribution >= 0.6 is 11.3 Å². The predicted molar refractivity (Wildman–Crippen MR) is 78.6 cm³/mol. The predicted octanol–water partition coefficient (Wildman–Crippen LogP) is 3.34. The lowest BCUT2D eigenvalue weighted by molar-refractivity contribution is -0.117. The zero-order valence-electron chi connectivity index (χ0n) is 11.2. The zero-order valence-corrected chi connectivity index (χ0v) is 12.0. The standard InChI is InChI=1S/C15H20N2OS/c1-2-11-9-14(18)17(10-11)15-16-12-7-5-3-4-6-8-13(12)19-15/h2,11H,1,3-10H2. The van der Waals surface area contributed by atoms with Gasteiger partial charge in [-0.2, -0.15) is 0 Å². The number of rotatable bonds is 2. The monoisotopic (exact) mass is 276 g/mol. The van der Waals surface area contributed by atoms with Crippen LogP contribution in [0.5, 0.6) is 0 Å². The van der Waals surface area contributed by atoms with Gasteiger partial charge in [-0.05, 0) is 25.7 Å². The number of hydrogen-bond donors (Lipinski definition) is 0. The molecule has 0 saturated carbocycles. The maximum Gasteiger partial charge on any atom is 0.229 e. The number of nitrogens with zero attached hydrogens (tertiary/aromatic N) is 2. The molecule has 0 aromatic carbocycles. The Bertz CT molecular complexity index is 469. The van der Waals surface area contributed by atoms with E-state index < -0.39 is 0 Å². The van der Waals surface area contributed by atoms with Crippen LogP contribution < -0.4 is 4.90 Å². The van der Waals surface area contributed by atoms with Gasteiger partial charge in [-0.15, -0.1) is 17.9 Å². The third-order valence-corrected chi connectivity index (χ3v) is 5.23. The van der Waals surface area contributed by atoms with E-state index in [1.165, 1.54) is 36.3 Å². The Morgan fingerprint density at radius 1 is 1.26 bits per heavy atom. The number of thiazole rings is 1. The lowest BCUT2D eigenvalue weighted by Gasteiger charge is -2.11. The molecule has 1 saturated heterocycles. The van der Waals surface area contributed by atoms with Gasteiger partial charge in [0.15, 0.2) is 5.13 Å². The van der Waals surface area contributed by atoms with Gasteiger partial charge in [-0.3, -0.25) is 9.69 Å². The first-order valence-corrected chi connectivity index (χ1v) is 8.01. The van der Waals surface area contributed by atoms with Crippen LogP contribution in [0.25, 0.3) is 0 Å². The average Bonchev–Trinajstić information content (AvgIpc) is 2.93. The van der Waals surface area contributed by atoms with Gasteiger partial charge in [0.2, 0.25) is 5.91 Å². The first-order chi connectivity index (χ1) is 9.28. The molecule has 102 valence electrons. The highest BCUT2D eigenvalue weighted by Crippen LogP contribution is 2.34. The lowest BCUT2D eigenvalue weighted by atomic mass is 10.0. The van der Waals surface area contributed by atoms with Crippen molar-refractivity contribution in [3.8, 4) is 0 Å². The maximum atomic E-state index is 12.0. The van der Waals surface area contributed by atoms with Crippen molar-refractivity contribution < 1.29 is 4.79 Å². The Balaban J connectivity index is 1.83. The molecule has 0 bridgehead atoms. The Hall–Kier alpha value is -1.16. The van der Waals surface area contributed by atoms with Crippen molar-refractivity contribution >= 4 is 22.4 Å². The molecule has 1 unspecified atom stereocenters. The van der Waals surface area contributed by atoms with Crippen molar-refractivity contribution in [2.75, 3.05) is 11.4 Å². The van der Waals surface area contributed by atoms with Gasteiger partial charge in [0.25, 0.3) is 0 Å². The molecule has 1 aliphatic heterocycles. The average molecular weight is 276 g/mol. The number of hydrogen-bond acceptors (Lipinski definition) is 3. The molecule has 3 rings (SSSR count). The number of carbonyl (C=O) groups excluding carboxylic acids is 1. The smallest absolute Gasteiger partial charge is 0.229 e. The SMILES string of the molecule is C=CC1CC(=O)N(c2nc3c(s2)CCCCCC3)C1. The fourth-order valence-corrected chi connectivity index (χ4v) is 4.06. The molecule has 3 nitrogen and oxygen atoms in total. The Morgan fingerprint density at radius 2 is 2.05 bits per heavy atom. The van der Waals surface area contributed by atoms with Crippen molar-refractivity contribution in [2.24, 2.45) is 5.92 Å². The van der Waals surface area contributed by atoms with E-state index in [0.29, 0.717) is 12.3 Å². The summed E-state index contributed by atoms with van der Waals surface area (Å²) in [5.74, 6) is 0.491. The summed E-state index contributed by atoms with van der Waals surface area (Å²) in [5, 5.41) is 0.918. The largest absolute Gasteiger partial charge is 0.287 e. The van der Waals surface area contributed by atoms with Crippen molar-refractivity contribution in [1.82, 2.24) is 4.98 Å². The number of anilines is 1. The molecule has 1 amide bonds. The van der Waals surface area contributed by atoms with E-state index in [9.17, 15) is 4.79 Å². The highest BCUT2D eigenvalue weighted by molar-refractivity contribution is 7.15. The van der Waals surface area contributed by atoms with E-state index in [0.717, 1.165) is 24.5 Å². The van der Waals surface area contributed by atoms with Gasteiger partial charge in [0.1, 0.15) is 0 Å². The van der Waals surface area contributed by atoms with Crippen LogP contribution in [0, 0.1) is 5.92 Å². The van der Waals surface area contributed by atoms with Gasteiger partial charge in [-0.25, -0.2) is 4.98 Å². The Labute approximate surface area is 118 Å². The number of aromatic nitrogens is 1. The number of amides is 1. The topological polar surface area (TPSA) is 33.2 Å². The van der Waals surface area contributed by atoms with Crippen LogP contribution in [-0.4, -0.2) is 17.4 Å². The Morgan fingerprint density at radius 3 is 2.79 bits per heavy atom. The van der Waals surface area contributed by atoms with E-state index >= 15 is 0 Å². The zero-order chi connectivity index (χ0) is 13.2. The fraction of sp³-hybridized carbons (Fsp3) is 0.600. The third kappa shape index (κ3) is 2.59. The molecule has 0 N–H and O–H groups in total. The van der Waals surface area contributed by atoms with Crippen LogP contribution in [0.2, 0.25) is 0 Å². The molecule has 2 aliphatic rings. The van der Waals surface area contributed by atoms with Crippen molar-refractivity contribution in [3.63, 3.8) is 0 Å². The lowest BCUT2D eigenvalue weighted by Crippen LogP contribution is -2.24. The van der Waals surface area contributed by atoms with Gasteiger partial charge >= 0.3 is 0 Å². The number of carbonyl (C=O) groups is 1. The molecule has 2 heterocycles. The second kappa shape index (κ2) is 5.45. The molecule has 1 aromatic heterocycles. The highest BCUT2D eigenvalue weighted by atomic mass is 32.1. The van der Waals surface area contributed by atoms with Crippen LogP contribution in [0.4, 0.5) is 5.13 Å². The minimum absolute atomic E-state index is 0.201. The van der Waals surface area contributed by atoms with Crippen molar-refractivity contribution in [2.45, 2.75) is 44.9 Å². The second-order valence-corrected chi connectivity index (χ2v) is 6.55. The molecule has 1 fully saturated rings. The highest BCUT2D eigenvalue weighted by Gasteiger charge is 2.31. The van der Waals surface area contributed by atoms with E-state index in [-0.39, 0.29) is 5.91 Å². The first-order valence-electron chi connectivity index (χ1n) is 7.19. The summed E-state index contributed by atoms with van der Waals surface area (Å²) in [4.78, 5) is 20.1. The van der Waals surface area contributed by atoms with Crippen LogP contribution in [0.15, 0.2) is 12.7 Å². The first kappa shape index (κ1) is 12.9. The van der Waals surface area contributed by atoms with E-state index in [4.69, 9.17) is 4.98 Å². The van der Waals surface area contributed by atoms with Gasteiger partial charge < -0.3 is 0 Å². The summed E-state index contributed by atoms with van der Waals surface area (Å²) >= 11 is 1.73. The minimum atomic E-state index is 0.201. The number of aryl methyl sites for hydroxylation is 2. The van der Waals surface area contributed by atoms with E-state index in [2.05, 4.69) is 6.58 Å². The van der Waals surface area contributed by atoms with E-state index in [1.807, 2.05) is 11.0 Å². The summed E-state index contributed by atoms with van der Waals surface area (Å²) < 4.78 is 0. The molecule has 0 spiro atoms. The maximum absolute atomic E-state index is 12.0. The molecule has 1 aromatic rings. The molecule has 19 heavy (non-hydrogen) atoms. The van der Waals surface area contributed by atoms with Crippen LogP contribution in [0.3, 0.4) is 0 Å². The molecule has 1 aliphatic carbocycles. The molecule has 0 radical (unpaired) electrons.